The van der Waals surface area contributed by atoms with E-state index < -0.39 is 0 Å². The topological polar surface area (TPSA) is 59.5 Å². The second-order valence-electron chi connectivity index (χ2n) is 7.17. The van der Waals surface area contributed by atoms with E-state index in [1.165, 1.54) is 6.42 Å². The van der Waals surface area contributed by atoms with Crippen LogP contribution in [0.2, 0.25) is 0 Å². The predicted octanol–water partition coefficient (Wildman–Crippen LogP) is 4.22. The molecule has 1 amide bonds. The van der Waals surface area contributed by atoms with Crippen LogP contribution in [-0.2, 0) is 20.7 Å². The van der Waals surface area contributed by atoms with Crippen LogP contribution in [0.25, 0.3) is 10.2 Å². The van der Waals surface area contributed by atoms with Gasteiger partial charge < -0.3 is 9.64 Å². The fraction of sp³-hybridized carbons (Fsp3) is 0.476. The van der Waals surface area contributed by atoms with Crippen LogP contribution in [0.4, 0.5) is 0 Å². The number of hydrogen-bond donors (Lipinski definition) is 0. The maximum absolute atomic E-state index is 12.6. The molecule has 0 bridgehead atoms. The smallest absolute Gasteiger partial charge is 0.306 e. The first kappa shape index (κ1) is 18.2. The molecular weight excluding hydrogens is 360 g/mol. The van der Waals surface area contributed by atoms with Gasteiger partial charge in [0.2, 0.25) is 0 Å². The van der Waals surface area contributed by atoms with Gasteiger partial charge in [-0.1, -0.05) is 18.2 Å². The molecule has 142 valence electrons. The first-order valence-corrected chi connectivity index (χ1v) is 10.5. The molecule has 0 N–H and O–H groups in total. The number of aromatic nitrogens is 1. The minimum absolute atomic E-state index is 0.0843. The number of ether oxygens (including phenoxy) is 1. The zero-order valence-electron chi connectivity index (χ0n) is 15.4. The van der Waals surface area contributed by atoms with E-state index in [-0.39, 0.29) is 24.9 Å². The lowest BCUT2D eigenvalue weighted by atomic mass is 10.0. The third kappa shape index (κ3) is 4.56. The molecule has 0 unspecified atom stereocenters. The number of fused-ring (bicyclic) bond motifs is 1. The van der Waals surface area contributed by atoms with Gasteiger partial charge in [0.1, 0.15) is 0 Å². The SMILES string of the molecule is O=C(CCc1nc2ccccc2s1)OCC(=O)N(C1=CCCCC1)C1CC1. The maximum Gasteiger partial charge on any atom is 0.306 e. The summed E-state index contributed by atoms with van der Waals surface area (Å²) in [7, 11) is 0. The molecule has 0 radical (unpaired) electrons. The van der Waals surface area contributed by atoms with E-state index in [2.05, 4.69) is 11.1 Å². The average molecular weight is 385 g/mol. The van der Waals surface area contributed by atoms with Gasteiger partial charge in [0.15, 0.2) is 6.61 Å². The van der Waals surface area contributed by atoms with E-state index in [1.54, 1.807) is 11.3 Å². The highest BCUT2D eigenvalue weighted by Crippen LogP contribution is 2.33. The summed E-state index contributed by atoms with van der Waals surface area (Å²) in [6.45, 7) is -0.160. The molecule has 27 heavy (non-hydrogen) atoms. The van der Waals surface area contributed by atoms with Crippen molar-refractivity contribution in [2.45, 2.75) is 57.4 Å². The molecule has 2 aromatic rings. The molecule has 1 fully saturated rings. The van der Waals surface area contributed by atoms with Crippen LogP contribution in [0.15, 0.2) is 36.0 Å². The number of aryl methyl sites for hydroxylation is 1. The van der Waals surface area contributed by atoms with Crippen LogP contribution in [0.5, 0.6) is 0 Å². The van der Waals surface area contributed by atoms with Crippen LogP contribution >= 0.6 is 11.3 Å². The Balaban J connectivity index is 1.27. The van der Waals surface area contributed by atoms with Gasteiger partial charge in [0, 0.05) is 18.2 Å². The summed E-state index contributed by atoms with van der Waals surface area (Å²) < 4.78 is 6.39. The first-order valence-electron chi connectivity index (χ1n) is 9.72. The standard InChI is InChI=1S/C21H24N2O3S/c24-20(23(16-10-11-16)15-6-2-1-3-7-15)14-26-21(25)13-12-19-22-17-8-4-5-9-18(17)27-19/h4-6,8-9,16H,1-3,7,10-14H2. The van der Waals surface area contributed by atoms with Gasteiger partial charge in [-0.2, -0.15) is 0 Å². The summed E-state index contributed by atoms with van der Waals surface area (Å²) in [5, 5.41) is 0.923. The summed E-state index contributed by atoms with van der Waals surface area (Å²) in [6, 6.07) is 8.25. The molecular formula is C21H24N2O3S. The van der Waals surface area contributed by atoms with Crippen LogP contribution in [0.1, 0.15) is 50.0 Å². The molecule has 4 rings (SSSR count). The van der Waals surface area contributed by atoms with E-state index in [1.807, 2.05) is 29.2 Å². The Morgan fingerprint density at radius 2 is 2.07 bits per heavy atom. The Bertz CT molecular complexity index is 836. The van der Waals surface area contributed by atoms with E-state index in [4.69, 9.17) is 4.74 Å². The van der Waals surface area contributed by atoms with Crippen LogP contribution in [0.3, 0.4) is 0 Å². The Morgan fingerprint density at radius 1 is 1.22 bits per heavy atom. The number of benzene rings is 1. The molecule has 6 heteroatoms. The van der Waals surface area contributed by atoms with Crippen molar-refractivity contribution in [1.82, 2.24) is 9.88 Å². The van der Waals surface area contributed by atoms with Gasteiger partial charge in [-0.05, 0) is 50.7 Å². The molecule has 0 spiro atoms. The highest BCUT2D eigenvalue weighted by molar-refractivity contribution is 7.18. The number of thiazole rings is 1. The first-order chi connectivity index (χ1) is 13.2. The van der Waals surface area contributed by atoms with E-state index in [0.29, 0.717) is 12.5 Å². The lowest BCUT2D eigenvalue weighted by Crippen LogP contribution is -2.36. The van der Waals surface area contributed by atoms with Crippen LogP contribution in [0, 0.1) is 0 Å². The monoisotopic (exact) mass is 384 g/mol. The largest absolute Gasteiger partial charge is 0.456 e. The second kappa shape index (κ2) is 8.21. The van der Waals surface area contributed by atoms with Crippen molar-refractivity contribution in [3.63, 3.8) is 0 Å². The van der Waals surface area contributed by atoms with E-state index >= 15 is 0 Å². The van der Waals surface area contributed by atoms with Gasteiger partial charge in [-0.15, -0.1) is 11.3 Å². The van der Waals surface area contributed by atoms with Crippen molar-refractivity contribution in [2.75, 3.05) is 6.61 Å². The van der Waals surface area contributed by atoms with Crippen molar-refractivity contribution in [3.8, 4) is 0 Å². The fourth-order valence-corrected chi connectivity index (χ4v) is 4.46. The van der Waals surface area contributed by atoms with Crippen molar-refractivity contribution >= 4 is 33.4 Å². The molecule has 0 aliphatic heterocycles. The third-order valence-electron chi connectivity index (χ3n) is 4.99. The van der Waals surface area contributed by atoms with Crippen molar-refractivity contribution in [1.29, 1.82) is 0 Å². The summed E-state index contributed by atoms with van der Waals surface area (Å²) in [6.07, 6.45) is 9.38. The molecule has 2 aliphatic rings. The minimum atomic E-state index is -0.337. The van der Waals surface area contributed by atoms with E-state index in [9.17, 15) is 9.59 Å². The number of amides is 1. The van der Waals surface area contributed by atoms with Gasteiger partial charge in [-0.3, -0.25) is 9.59 Å². The quantitative estimate of drug-likeness (QED) is 0.671. The molecule has 1 saturated carbocycles. The van der Waals surface area contributed by atoms with Crippen molar-refractivity contribution < 1.29 is 14.3 Å². The highest BCUT2D eigenvalue weighted by Gasteiger charge is 2.35. The molecule has 2 aliphatic carbocycles. The van der Waals surface area contributed by atoms with Crippen LogP contribution in [-0.4, -0.2) is 34.4 Å². The second-order valence-corrected chi connectivity index (χ2v) is 8.29. The summed E-state index contributed by atoms with van der Waals surface area (Å²) in [5.41, 5.74) is 2.08. The lowest BCUT2D eigenvalue weighted by molar-refractivity contribution is -0.151. The summed E-state index contributed by atoms with van der Waals surface area (Å²) in [5.74, 6) is -0.421. The van der Waals surface area contributed by atoms with Gasteiger partial charge >= 0.3 is 5.97 Å². The Labute approximate surface area is 163 Å². The number of esters is 1. The summed E-state index contributed by atoms with van der Waals surface area (Å²) in [4.78, 5) is 31.1. The predicted molar refractivity (Wildman–Crippen MR) is 105 cm³/mol. The van der Waals surface area contributed by atoms with Crippen molar-refractivity contribution in [3.05, 3.63) is 41.0 Å². The zero-order valence-corrected chi connectivity index (χ0v) is 16.2. The Hall–Kier alpha value is -2.21. The number of para-hydroxylation sites is 1. The van der Waals surface area contributed by atoms with Gasteiger partial charge in [0.25, 0.3) is 5.91 Å². The Kier molecular flexibility index (Phi) is 5.53. The highest BCUT2D eigenvalue weighted by atomic mass is 32.1. The molecule has 1 heterocycles. The molecule has 1 aromatic heterocycles. The number of hydrogen-bond acceptors (Lipinski definition) is 5. The molecule has 1 aromatic carbocycles. The molecule has 0 saturated heterocycles. The number of allylic oxidation sites excluding steroid dienone is 2. The molecule has 0 atom stereocenters. The minimum Gasteiger partial charge on any atom is -0.456 e. The summed E-state index contributed by atoms with van der Waals surface area (Å²) >= 11 is 1.60. The number of carbonyl (C=O) groups excluding carboxylic acids is 2. The zero-order chi connectivity index (χ0) is 18.6. The van der Waals surface area contributed by atoms with Crippen molar-refractivity contribution in [2.24, 2.45) is 0 Å². The normalized spacial score (nSPS) is 16.8. The Morgan fingerprint density at radius 3 is 2.81 bits per heavy atom. The van der Waals surface area contributed by atoms with Crippen LogP contribution < -0.4 is 0 Å². The average Bonchev–Trinajstić information content (AvgIpc) is 3.43. The third-order valence-corrected chi connectivity index (χ3v) is 6.09. The van der Waals surface area contributed by atoms with E-state index in [0.717, 1.165) is 53.0 Å². The van der Waals surface area contributed by atoms with Gasteiger partial charge in [-0.25, -0.2) is 4.98 Å². The number of nitrogens with zero attached hydrogens (tertiary/aromatic N) is 2. The number of rotatable bonds is 7. The lowest BCUT2D eigenvalue weighted by Gasteiger charge is -2.27. The van der Waals surface area contributed by atoms with Gasteiger partial charge in [0.05, 0.1) is 21.6 Å². The molecule has 5 nitrogen and oxygen atoms in total. The number of carbonyl (C=O) groups is 2. The maximum atomic E-state index is 12.6. The fourth-order valence-electron chi connectivity index (χ4n) is 3.49.